The largest absolute Gasteiger partial charge is 0.409 e. The molecule has 0 saturated heterocycles. The Balaban J connectivity index is 1.97. The van der Waals surface area contributed by atoms with Crippen LogP contribution in [0.1, 0.15) is 37.9 Å². The second-order valence-electron chi connectivity index (χ2n) is 5.44. The van der Waals surface area contributed by atoms with Gasteiger partial charge in [-0.3, -0.25) is 4.98 Å². The number of hydrogen-bond acceptors (Lipinski definition) is 4. The van der Waals surface area contributed by atoms with Crippen molar-refractivity contribution in [2.75, 3.05) is 0 Å². The van der Waals surface area contributed by atoms with E-state index in [0.717, 1.165) is 18.0 Å². The number of nitrogens with two attached hydrogens (primary N) is 1. The summed E-state index contributed by atoms with van der Waals surface area (Å²) in [6, 6.07) is 4.38. The molecule has 0 radical (unpaired) electrons. The van der Waals surface area contributed by atoms with Crippen molar-refractivity contribution in [3.63, 3.8) is 0 Å². The molecule has 0 aliphatic heterocycles. The molecule has 3 atom stereocenters. The SMILES string of the molecule is CC1CCC(NCc2ccnc(C(N)=NO)c2)C1C. The number of hydrogen-bond donors (Lipinski definition) is 3. The van der Waals surface area contributed by atoms with Crippen molar-refractivity contribution in [2.45, 2.75) is 39.3 Å². The summed E-state index contributed by atoms with van der Waals surface area (Å²) in [4.78, 5) is 4.07. The molecule has 2 rings (SSSR count). The van der Waals surface area contributed by atoms with E-state index in [2.05, 4.69) is 29.3 Å². The fraction of sp³-hybridized carbons (Fsp3) is 0.571. The molecule has 1 saturated carbocycles. The zero-order valence-corrected chi connectivity index (χ0v) is 11.5. The lowest BCUT2D eigenvalue weighted by molar-refractivity contribution is 0.318. The van der Waals surface area contributed by atoms with Crippen molar-refractivity contribution >= 4 is 5.84 Å². The summed E-state index contributed by atoms with van der Waals surface area (Å²) < 4.78 is 0. The van der Waals surface area contributed by atoms with Crippen LogP contribution < -0.4 is 11.1 Å². The lowest BCUT2D eigenvalue weighted by Gasteiger charge is -2.19. The van der Waals surface area contributed by atoms with Crippen LogP contribution in [0.3, 0.4) is 0 Å². The number of rotatable bonds is 4. The summed E-state index contributed by atoms with van der Waals surface area (Å²) in [5, 5.41) is 15.2. The van der Waals surface area contributed by atoms with E-state index in [1.165, 1.54) is 12.8 Å². The van der Waals surface area contributed by atoms with Crippen LogP contribution in [0, 0.1) is 11.8 Å². The first kappa shape index (κ1) is 13.8. The van der Waals surface area contributed by atoms with Gasteiger partial charge in [-0.15, -0.1) is 0 Å². The molecule has 5 heteroatoms. The monoisotopic (exact) mass is 262 g/mol. The molecule has 0 aromatic carbocycles. The molecule has 1 aromatic rings. The summed E-state index contributed by atoms with van der Waals surface area (Å²) in [6.07, 6.45) is 4.22. The van der Waals surface area contributed by atoms with Crippen molar-refractivity contribution in [1.82, 2.24) is 10.3 Å². The Bertz CT molecular complexity index is 461. The minimum atomic E-state index is 0.0460. The third kappa shape index (κ3) is 3.23. The Labute approximate surface area is 113 Å². The van der Waals surface area contributed by atoms with Crippen molar-refractivity contribution in [2.24, 2.45) is 22.7 Å². The van der Waals surface area contributed by atoms with Crippen LogP contribution in [-0.2, 0) is 6.54 Å². The Morgan fingerprint density at radius 2 is 2.32 bits per heavy atom. The van der Waals surface area contributed by atoms with Crippen LogP contribution in [0.2, 0.25) is 0 Å². The minimum Gasteiger partial charge on any atom is -0.409 e. The molecule has 5 nitrogen and oxygen atoms in total. The predicted molar refractivity (Wildman–Crippen MR) is 74.9 cm³/mol. The summed E-state index contributed by atoms with van der Waals surface area (Å²) in [5.41, 5.74) is 7.15. The number of nitrogens with zero attached hydrogens (tertiary/aromatic N) is 2. The van der Waals surface area contributed by atoms with Gasteiger partial charge in [0, 0.05) is 18.8 Å². The van der Waals surface area contributed by atoms with Crippen molar-refractivity contribution < 1.29 is 5.21 Å². The molecule has 0 spiro atoms. The average molecular weight is 262 g/mol. The highest BCUT2D eigenvalue weighted by Gasteiger charge is 2.28. The van der Waals surface area contributed by atoms with Crippen molar-refractivity contribution in [3.05, 3.63) is 29.6 Å². The molecule has 4 N–H and O–H groups in total. The lowest BCUT2D eigenvalue weighted by atomic mass is 9.98. The lowest BCUT2D eigenvalue weighted by Crippen LogP contribution is -2.32. The van der Waals surface area contributed by atoms with E-state index >= 15 is 0 Å². The average Bonchev–Trinajstić information content (AvgIpc) is 2.76. The maximum atomic E-state index is 8.65. The van der Waals surface area contributed by atoms with Gasteiger partial charge in [0.05, 0.1) is 0 Å². The van der Waals surface area contributed by atoms with Gasteiger partial charge in [-0.05, 0) is 42.4 Å². The summed E-state index contributed by atoms with van der Waals surface area (Å²) >= 11 is 0. The van der Waals surface area contributed by atoms with Gasteiger partial charge in [0.15, 0.2) is 5.84 Å². The fourth-order valence-electron chi connectivity index (χ4n) is 2.68. The molecular formula is C14H22N4O. The highest BCUT2D eigenvalue weighted by atomic mass is 16.4. The normalized spacial score (nSPS) is 27.7. The standard InChI is InChI=1S/C14H22N4O/c1-9-3-4-12(10(9)2)17-8-11-5-6-16-13(7-11)14(15)18-19/h5-7,9-10,12,17,19H,3-4,8H2,1-2H3,(H2,15,18). The maximum absolute atomic E-state index is 8.65. The zero-order chi connectivity index (χ0) is 13.8. The van der Waals surface area contributed by atoms with E-state index in [9.17, 15) is 0 Å². The van der Waals surface area contributed by atoms with Gasteiger partial charge in [-0.2, -0.15) is 0 Å². The van der Waals surface area contributed by atoms with Gasteiger partial charge in [0.2, 0.25) is 0 Å². The summed E-state index contributed by atoms with van der Waals surface area (Å²) in [6.45, 7) is 5.41. The van der Waals surface area contributed by atoms with Crippen molar-refractivity contribution in [1.29, 1.82) is 0 Å². The molecule has 104 valence electrons. The van der Waals surface area contributed by atoms with E-state index in [1.807, 2.05) is 12.1 Å². The highest BCUT2D eigenvalue weighted by molar-refractivity contribution is 5.95. The van der Waals surface area contributed by atoms with Gasteiger partial charge in [-0.1, -0.05) is 19.0 Å². The number of amidine groups is 1. The van der Waals surface area contributed by atoms with Crippen LogP contribution >= 0.6 is 0 Å². The number of oxime groups is 1. The minimum absolute atomic E-state index is 0.0460. The molecule has 1 aromatic heterocycles. The summed E-state index contributed by atoms with van der Waals surface area (Å²) in [7, 11) is 0. The topological polar surface area (TPSA) is 83.5 Å². The molecule has 3 unspecified atom stereocenters. The Morgan fingerprint density at radius 3 is 2.95 bits per heavy atom. The van der Waals surface area contributed by atoms with E-state index in [1.54, 1.807) is 6.20 Å². The maximum Gasteiger partial charge on any atom is 0.188 e. The van der Waals surface area contributed by atoms with E-state index < -0.39 is 0 Å². The number of nitrogens with one attached hydrogen (secondary N) is 1. The third-order valence-corrected chi connectivity index (χ3v) is 4.23. The fourth-order valence-corrected chi connectivity index (χ4v) is 2.68. The Morgan fingerprint density at radius 1 is 1.53 bits per heavy atom. The van der Waals surface area contributed by atoms with Crippen LogP contribution in [-0.4, -0.2) is 22.1 Å². The molecule has 1 fully saturated rings. The van der Waals surface area contributed by atoms with Gasteiger partial charge in [-0.25, -0.2) is 0 Å². The molecule has 0 amide bonds. The smallest absolute Gasteiger partial charge is 0.188 e. The molecule has 1 aliphatic rings. The number of aromatic nitrogens is 1. The van der Waals surface area contributed by atoms with Gasteiger partial charge in [0.1, 0.15) is 5.69 Å². The van der Waals surface area contributed by atoms with Crippen LogP contribution in [0.25, 0.3) is 0 Å². The molecule has 1 aliphatic carbocycles. The zero-order valence-electron chi connectivity index (χ0n) is 11.5. The second-order valence-corrected chi connectivity index (χ2v) is 5.44. The summed E-state index contributed by atoms with van der Waals surface area (Å²) in [5.74, 6) is 1.55. The predicted octanol–water partition coefficient (Wildman–Crippen LogP) is 1.70. The van der Waals surface area contributed by atoms with E-state index in [-0.39, 0.29) is 5.84 Å². The van der Waals surface area contributed by atoms with Crippen LogP contribution in [0.15, 0.2) is 23.5 Å². The van der Waals surface area contributed by atoms with Crippen molar-refractivity contribution in [3.8, 4) is 0 Å². The van der Waals surface area contributed by atoms with Gasteiger partial charge in [0.25, 0.3) is 0 Å². The van der Waals surface area contributed by atoms with Gasteiger partial charge >= 0.3 is 0 Å². The van der Waals surface area contributed by atoms with Gasteiger partial charge < -0.3 is 16.3 Å². The molecule has 19 heavy (non-hydrogen) atoms. The van der Waals surface area contributed by atoms with Crippen LogP contribution in [0.4, 0.5) is 0 Å². The second kappa shape index (κ2) is 6.02. The van der Waals surface area contributed by atoms with E-state index in [0.29, 0.717) is 17.7 Å². The van der Waals surface area contributed by atoms with Crippen LogP contribution in [0.5, 0.6) is 0 Å². The Kier molecular flexibility index (Phi) is 4.37. The first-order valence-corrected chi connectivity index (χ1v) is 6.78. The first-order valence-electron chi connectivity index (χ1n) is 6.78. The Hall–Kier alpha value is -1.62. The highest BCUT2D eigenvalue weighted by Crippen LogP contribution is 2.31. The molecule has 1 heterocycles. The first-order chi connectivity index (χ1) is 9.11. The molecule has 0 bridgehead atoms. The quantitative estimate of drug-likeness (QED) is 0.334. The molecular weight excluding hydrogens is 240 g/mol. The number of pyridine rings is 1. The third-order valence-electron chi connectivity index (χ3n) is 4.23. The van der Waals surface area contributed by atoms with E-state index in [4.69, 9.17) is 10.9 Å².